The molecule has 132 valence electrons. The van der Waals surface area contributed by atoms with Crippen LogP contribution in [0.25, 0.3) is 0 Å². The zero-order valence-electron chi connectivity index (χ0n) is 14.6. The van der Waals surface area contributed by atoms with Crippen molar-refractivity contribution in [3.8, 4) is 0 Å². The minimum absolute atomic E-state index is 0.0924. The van der Waals surface area contributed by atoms with Crippen LogP contribution in [0.2, 0.25) is 0 Å². The molecule has 5 nitrogen and oxygen atoms in total. The van der Waals surface area contributed by atoms with E-state index in [0.717, 1.165) is 11.3 Å². The molecule has 3 aromatic rings. The van der Waals surface area contributed by atoms with E-state index in [0.29, 0.717) is 17.2 Å². The van der Waals surface area contributed by atoms with Crippen LogP contribution in [-0.2, 0) is 6.54 Å². The van der Waals surface area contributed by atoms with Gasteiger partial charge in [0.05, 0.1) is 0 Å². The molecular formula is C20H19FN4O. The van der Waals surface area contributed by atoms with Gasteiger partial charge in [0.25, 0.3) is 5.91 Å². The first-order chi connectivity index (χ1) is 12.5. The van der Waals surface area contributed by atoms with Gasteiger partial charge in [0.1, 0.15) is 11.5 Å². The summed E-state index contributed by atoms with van der Waals surface area (Å²) in [6.07, 6.45) is 0. The number of para-hydroxylation sites is 1. The Bertz CT molecular complexity index is 943. The molecule has 1 aromatic heterocycles. The molecule has 0 spiro atoms. The fraction of sp³-hybridized carbons (Fsp3) is 0.150. The Kier molecular flexibility index (Phi) is 5.22. The van der Waals surface area contributed by atoms with Crippen molar-refractivity contribution in [2.75, 3.05) is 5.32 Å². The lowest BCUT2D eigenvalue weighted by molar-refractivity contribution is 0.0945. The molecular weight excluding hydrogens is 331 g/mol. The summed E-state index contributed by atoms with van der Waals surface area (Å²) in [5, 5.41) is 5.82. The fourth-order valence-corrected chi connectivity index (χ4v) is 2.48. The van der Waals surface area contributed by atoms with Crippen molar-refractivity contribution in [1.29, 1.82) is 0 Å². The van der Waals surface area contributed by atoms with Gasteiger partial charge in [-0.25, -0.2) is 14.4 Å². The molecule has 0 aliphatic carbocycles. The van der Waals surface area contributed by atoms with E-state index >= 15 is 0 Å². The maximum absolute atomic E-state index is 13.7. The molecule has 1 amide bonds. The summed E-state index contributed by atoms with van der Waals surface area (Å²) in [6.45, 7) is 3.85. The number of benzene rings is 2. The van der Waals surface area contributed by atoms with Gasteiger partial charge in [0.2, 0.25) is 5.95 Å². The number of aromatic nitrogens is 2. The summed E-state index contributed by atoms with van der Waals surface area (Å²) < 4.78 is 13.7. The van der Waals surface area contributed by atoms with Gasteiger partial charge in [0.15, 0.2) is 0 Å². The maximum Gasteiger partial charge on any atom is 0.270 e. The molecule has 0 fully saturated rings. The highest BCUT2D eigenvalue weighted by atomic mass is 19.1. The number of carbonyl (C=O) groups excluding carboxylic acids is 1. The average Bonchev–Trinajstić information content (AvgIpc) is 2.62. The summed E-state index contributed by atoms with van der Waals surface area (Å²) in [7, 11) is 0. The first-order valence-electron chi connectivity index (χ1n) is 8.23. The molecule has 1 heterocycles. The second kappa shape index (κ2) is 7.74. The highest BCUT2D eigenvalue weighted by Crippen LogP contribution is 2.18. The Labute approximate surface area is 151 Å². The number of nitrogens with one attached hydrogen (secondary N) is 2. The third-order valence-electron chi connectivity index (χ3n) is 3.88. The third kappa shape index (κ3) is 4.22. The van der Waals surface area contributed by atoms with Gasteiger partial charge in [-0.3, -0.25) is 4.79 Å². The average molecular weight is 350 g/mol. The van der Waals surface area contributed by atoms with Crippen LogP contribution in [0.1, 0.15) is 27.3 Å². The normalized spacial score (nSPS) is 10.4. The molecule has 0 radical (unpaired) electrons. The second-order valence-corrected chi connectivity index (χ2v) is 5.93. The lowest BCUT2D eigenvalue weighted by atomic mass is 10.2. The first kappa shape index (κ1) is 17.5. The number of carbonyl (C=O) groups is 1. The van der Waals surface area contributed by atoms with E-state index in [1.807, 2.05) is 31.2 Å². The van der Waals surface area contributed by atoms with Crippen molar-refractivity contribution in [3.63, 3.8) is 0 Å². The topological polar surface area (TPSA) is 66.9 Å². The summed E-state index contributed by atoms with van der Waals surface area (Å²) >= 11 is 0. The lowest BCUT2D eigenvalue weighted by Crippen LogP contribution is -2.25. The predicted molar refractivity (Wildman–Crippen MR) is 98.8 cm³/mol. The standard InChI is InChI=1S/C20H19FN4O/c1-13-7-3-6-10-17(13)24-20-23-14(2)11-18(25-20)19(26)22-12-15-8-4-5-9-16(15)21/h3-11H,12H2,1-2H3,(H,22,26)(H,23,24,25). The molecule has 0 aliphatic rings. The molecule has 0 saturated carbocycles. The van der Waals surface area contributed by atoms with Crippen LogP contribution in [-0.4, -0.2) is 15.9 Å². The molecule has 2 N–H and O–H groups in total. The van der Waals surface area contributed by atoms with Gasteiger partial charge in [-0.15, -0.1) is 0 Å². The van der Waals surface area contributed by atoms with Crippen LogP contribution in [0.5, 0.6) is 0 Å². The molecule has 2 aromatic carbocycles. The molecule has 0 atom stereocenters. The van der Waals surface area contributed by atoms with E-state index in [1.54, 1.807) is 31.2 Å². The molecule has 6 heteroatoms. The Morgan fingerprint density at radius 3 is 2.54 bits per heavy atom. The SMILES string of the molecule is Cc1cc(C(=O)NCc2ccccc2F)nc(Nc2ccccc2C)n1. The fourth-order valence-electron chi connectivity index (χ4n) is 2.48. The number of rotatable bonds is 5. The first-order valence-corrected chi connectivity index (χ1v) is 8.23. The quantitative estimate of drug-likeness (QED) is 0.732. The van der Waals surface area contributed by atoms with Crippen molar-refractivity contribution in [1.82, 2.24) is 15.3 Å². The lowest BCUT2D eigenvalue weighted by Gasteiger charge is -2.10. The predicted octanol–water partition coefficient (Wildman–Crippen LogP) is 3.91. The molecule has 0 unspecified atom stereocenters. The van der Waals surface area contributed by atoms with Gasteiger partial charge in [-0.2, -0.15) is 0 Å². The number of aryl methyl sites for hydroxylation is 2. The monoisotopic (exact) mass is 350 g/mol. The summed E-state index contributed by atoms with van der Waals surface area (Å²) in [4.78, 5) is 21.0. The van der Waals surface area contributed by atoms with Crippen molar-refractivity contribution < 1.29 is 9.18 Å². The van der Waals surface area contributed by atoms with Gasteiger partial charge in [-0.05, 0) is 37.6 Å². The Balaban J connectivity index is 1.75. The minimum Gasteiger partial charge on any atom is -0.347 e. The van der Waals surface area contributed by atoms with Gasteiger partial charge in [-0.1, -0.05) is 36.4 Å². The van der Waals surface area contributed by atoms with Gasteiger partial charge >= 0.3 is 0 Å². The van der Waals surface area contributed by atoms with Crippen LogP contribution >= 0.6 is 0 Å². The zero-order valence-corrected chi connectivity index (χ0v) is 14.6. The van der Waals surface area contributed by atoms with Crippen LogP contribution in [0.3, 0.4) is 0 Å². The van der Waals surface area contributed by atoms with E-state index in [2.05, 4.69) is 20.6 Å². The maximum atomic E-state index is 13.7. The number of halogens is 1. The van der Waals surface area contributed by atoms with Gasteiger partial charge in [0, 0.05) is 23.5 Å². The Morgan fingerprint density at radius 2 is 1.77 bits per heavy atom. The van der Waals surface area contributed by atoms with Crippen molar-refractivity contribution in [2.24, 2.45) is 0 Å². The molecule has 3 rings (SSSR count). The van der Waals surface area contributed by atoms with E-state index in [9.17, 15) is 9.18 Å². The number of hydrogen-bond acceptors (Lipinski definition) is 4. The largest absolute Gasteiger partial charge is 0.347 e. The smallest absolute Gasteiger partial charge is 0.270 e. The van der Waals surface area contributed by atoms with Crippen LogP contribution in [0.4, 0.5) is 16.0 Å². The number of anilines is 2. The van der Waals surface area contributed by atoms with E-state index < -0.39 is 0 Å². The van der Waals surface area contributed by atoms with E-state index in [4.69, 9.17) is 0 Å². The summed E-state index contributed by atoms with van der Waals surface area (Å²) in [5.41, 5.74) is 3.22. The van der Waals surface area contributed by atoms with Crippen LogP contribution < -0.4 is 10.6 Å². The van der Waals surface area contributed by atoms with E-state index in [1.165, 1.54) is 6.07 Å². The van der Waals surface area contributed by atoms with Crippen LogP contribution in [0.15, 0.2) is 54.6 Å². The minimum atomic E-state index is -0.383. The highest BCUT2D eigenvalue weighted by Gasteiger charge is 2.12. The number of hydrogen-bond donors (Lipinski definition) is 2. The molecule has 26 heavy (non-hydrogen) atoms. The Morgan fingerprint density at radius 1 is 1.04 bits per heavy atom. The van der Waals surface area contributed by atoms with E-state index in [-0.39, 0.29) is 24.0 Å². The second-order valence-electron chi connectivity index (χ2n) is 5.93. The van der Waals surface area contributed by atoms with Crippen molar-refractivity contribution in [3.05, 3.63) is 82.9 Å². The van der Waals surface area contributed by atoms with Crippen molar-refractivity contribution in [2.45, 2.75) is 20.4 Å². The van der Waals surface area contributed by atoms with Crippen molar-refractivity contribution >= 4 is 17.5 Å². The number of nitrogens with zero attached hydrogens (tertiary/aromatic N) is 2. The molecule has 0 aliphatic heterocycles. The molecule has 0 saturated heterocycles. The zero-order chi connectivity index (χ0) is 18.5. The Hall–Kier alpha value is -3.28. The molecule has 0 bridgehead atoms. The third-order valence-corrected chi connectivity index (χ3v) is 3.88. The van der Waals surface area contributed by atoms with Gasteiger partial charge < -0.3 is 10.6 Å². The van der Waals surface area contributed by atoms with Crippen LogP contribution in [0, 0.1) is 19.7 Å². The summed E-state index contributed by atoms with van der Waals surface area (Å²) in [5.74, 6) is -0.393. The summed E-state index contributed by atoms with van der Waals surface area (Å²) in [6, 6.07) is 15.7. The highest BCUT2D eigenvalue weighted by molar-refractivity contribution is 5.92. The number of amides is 1.